The second-order valence-corrected chi connectivity index (χ2v) is 2.45. The molecular weight excluding hydrogens is 136 g/mol. The summed E-state index contributed by atoms with van der Waals surface area (Å²) in [5, 5.41) is 0. The molecule has 0 aromatic heterocycles. The molecule has 0 heterocycles. The molecule has 1 aromatic carbocycles. The highest BCUT2D eigenvalue weighted by Gasteiger charge is 1.96. The number of benzene rings is 1. The standard InChI is InChI=1S/C9H13N2/c1-2-7-3-4-9(11)8(5-7)6-10/h2-5H,6,10-11H2,1H3. The summed E-state index contributed by atoms with van der Waals surface area (Å²) in [7, 11) is 0. The van der Waals surface area contributed by atoms with Crippen LogP contribution in [-0.2, 0) is 6.54 Å². The first kappa shape index (κ1) is 8.08. The number of nitrogen functional groups attached to an aromatic ring is 1. The monoisotopic (exact) mass is 149 g/mol. The van der Waals surface area contributed by atoms with Crippen LogP contribution in [0.5, 0.6) is 0 Å². The highest BCUT2D eigenvalue weighted by molar-refractivity contribution is 5.49. The largest absolute Gasteiger partial charge is 0.398 e. The summed E-state index contributed by atoms with van der Waals surface area (Å²) in [6, 6.07) is 5.88. The van der Waals surface area contributed by atoms with Crippen LogP contribution in [0.2, 0.25) is 0 Å². The molecule has 0 aliphatic carbocycles. The van der Waals surface area contributed by atoms with Crippen LogP contribution in [0, 0.1) is 6.42 Å². The molecule has 0 amide bonds. The average Bonchev–Trinajstić information content (AvgIpc) is 2.05. The average molecular weight is 149 g/mol. The maximum absolute atomic E-state index is 5.66. The molecule has 0 aliphatic rings. The lowest BCUT2D eigenvalue weighted by Crippen LogP contribution is -2.01. The molecule has 2 heteroatoms. The van der Waals surface area contributed by atoms with Crippen LogP contribution in [-0.4, -0.2) is 0 Å². The third-order valence-electron chi connectivity index (χ3n) is 1.72. The number of anilines is 1. The Bertz CT molecular complexity index is 243. The summed E-state index contributed by atoms with van der Waals surface area (Å²) in [5.74, 6) is 0. The molecule has 0 bridgehead atoms. The first-order valence-corrected chi connectivity index (χ1v) is 3.65. The number of rotatable bonds is 2. The van der Waals surface area contributed by atoms with E-state index in [0.717, 1.165) is 11.3 Å². The van der Waals surface area contributed by atoms with Crippen LogP contribution >= 0.6 is 0 Å². The summed E-state index contributed by atoms with van der Waals surface area (Å²) >= 11 is 0. The van der Waals surface area contributed by atoms with Gasteiger partial charge in [0.2, 0.25) is 0 Å². The predicted octanol–water partition coefficient (Wildman–Crippen LogP) is 1.30. The Hall–Kier alpha value is -1.02. The molecule has 2 nitrogen and oxygen atoms in total. The molecular formula is C9H13N2. The van der Waals surface area contributed by atoms with Gasteiger partial charge in [-0.1, -0.05) is 19.1 Å². The van der Waals surface area contributed by atoms with Crippen molar-refractivity contribution < 1.29 is 0 Å². The Morgan fingerprint density at radius 1 is 1.45 bits per heavy atom. The molecule has 1 radical (unpaired) electrons. The maximum Gasteiger partial charge on any atom is 0.0359 e. The van der Waals surface area contributed by atoms with Crippen molar-refractivity contribution in [3.8, 4) is 0 Å². The second kappa shape index (κ2) is 3.39. The van der Waals surface area contributed by atoms with E-state index in [-0.39, 0.29) is 0 Å². The Morgan fingerprint density at radius 2 is 2.18 bits per heavy atom. The first-order chi connectivity index (χ1) is 5.27. The SMILES string of the molecule is C[CH]c1ccc(N)c(CN)c1. The summed E-state index contributed by atoms with van der Waals surface area (Å²) in [6.07, 6.45) is 2.03. The normalized spacial score (nSPS) is 10.0. The van der Waals surface area contributed by atoms with Gasteiger partial charge in [-0.05, 0) is 23.6 Å². The molecule has 0 atom stereocenters. The summed E-state index contributed by atoms with van der Waals surface area (Å²) < 4.78 is 0. The van der Waals surface area contributed by atoms with Crippen LogP contribution in [0.3, 0.4) is 0 Å². The molecule has 0 saturated carbocycles. The number of nitrogens with two attached hydrogens (primary N) is 2. The summed E-state index contributed by atoms with van der Waals surface area (Å²) in [6.45, 7) is 2.50. The van der Waals surface area contributed by atoms with Crippen molar-refractivity contribution in [2.45, 2.75) is 13.5 Å². The van der Waals surface area contributed by atoms with E-state index < -0.39 is 0 Å². The summed E-state index contributed by atoms with van der Waals surface area (Å²) in [5.41, 5.74) is 14.1. The van der Waals surface area contributed by atoms with Gasteiger partial charge in [-0.25, -0.2) is 0 Å². The molecule has 11 heavy (non-hydrogen) atoms. The van der Waals surface area contributed by atoms with Gasteiger partial charge < -0.3 is 11.5 Å². The van der Waals surface area contributed by atoms with E-state index in [1.54, 1.807) is 0 Å². The Morgan fingerprint density at radius 3 is 2.73 bits per heavy atom. The highest BCUT2D eigenvalue weighted by atomic mass is 14.6. The van der Waals surface area contributed by atoms with Crippen LogP contribution in [0.25, 0.3) is 0 Å². The van der Waals surface area contributed by atoms with Gasteiger partial charge in [-0.3, -0.25) is 0 Å². The molecule has 59 valence electrons. The van der Waals surface area contributed by atoms with Gasteiger partial charge in [0.25, 0.3) is 0 Å². The van der Waals surface area contributed by atoms with Gasteiger partial charge >= 0.3 is 0 Å². The maximum atomic E-state index is 5.66. The van der Waals surface area contributed by atoms with Crippen molar-refractivity contribution in [3.63, 3.8) is 0 Å². The van der Waals surface area contributed by atoms with Crippen LogP contribution < -0.4 is 11.5 Å². The Labute approximate surface area is 67.2 Å². The molecule has 4 N–H and O–H groups in total. The van der Waals surface area contributed by atoms with Crippen molar-refractivity contribution in [2.75, 3.05) is 5.73 Å². The van der Waals surface area contributed by atoms with E-state index in [1.807, 2.05) is 31.5 Å². The minimum absolute atomic E-state index is 0.507. The Kier molecular flexibility index (Phi) is 2.49. The molecule has 0 unspecified atom stereocenters. The third-order valence-corrected chi connectivity index (χ3v) is 1.72. The molecule has 0 saturated heterocycles. The second-order valence-electron chi connectivity index (χ2n) is 2.45. The fourth-order valence-corrected chi connectivity index (χ4v) is 0.982. The van der Waals surface area contributed by atoms with Crippen LogP contribution in [0.15, 0.2) is 18.2 Å². The van der Waals surface area contributed by atoms with Gasteiger partial charge in [-0.15, -0.1) is 0 Å². The number of hydrogen-bond acceptors (Lipinski definition) is 2. The minimum atomic E-state index is 0.507. The zero-order valence-electron chi connectivity index (χ0n) is 6.67. The smallest absolute Gasteiger partial charge is 0.0359 e. The van der Waals surface area contributed by atoms with Gasteiger partial charge in [0.15, 0.2) is 0 Å². The lowest BCUT2D eigenvalue weighted by atomic mass is 10.1. The first-order valence-electron chi connectivity index (χ1n) is 3.65. The zero-order chi connectivity index (χ0) is 8.27. The van der Waals surface area contributed by atoms with E-state index in [9.17, 15) is 0 Å². The van der Waals surface area contributed by atoms with E-state index in [4.69, 9.17) is 11.5 Å². The van der Waals surface area contributed by atoms with Crippen molar-refractivity contribution in [1.29, 1.82) is 0 Å². The van der Waals surface area contributed by atoms with Crippen LogP contribution in [0.1, 0.15) is 18.1 Å². The quantitative estimate of drug-likeness (QED) is 0.623. The fourth-order valence-electron chi connectivity index (χ4n) is 0.982. The molecule has 0 spiro atoms. The lowest BCUT2D eigenvalue weighted by molar-refractivity contribution is 1.07. The number of hydrogen-bond donors (Lipinski definition) is 2. The van der Waals surface area contributed by atoms with Gasteiger partial charge in [0.05, 0.1) is 0 Å². The predicted molar refractivity (Wildman–Crippen MR) is 47.8 cm³/mol. The van der Waals surface area contributed by atoms with E-state index >= 15 is 0 Å². The summed E-state index contributed by atoms with van der Waals surface area (Å²) in [4.78, 5) is 0. The third kappa shape index (κ3) is 1.71. The topological polar surface area (TPSA) is 52.0 Å². The van der Waals surface area contributed by atoms with Crippen LogP contribution in [0.4, 0.5) is 5.69 Å². The zero-order valence-corrected chi connectivity index (χ0v) is 6.67. The van der Waals surface area contributed by atoms with Crippen molar-refractivity contribution in [1.82, 2.24) is 0 Å². The van der Waals surface area contributed by atoms with Gasteiger partial charge in [-0.2, -0.15) is 0 Å². The highest BCUT2D eigenvalue weighted by Crippen LogP contribution is 2.14. The molecule has 0 aliphatic heterocycles. The van der Waals surface area contributed by atoms with Crippen molar-refractivity contribution in [3.05, 3.63) is 35.7 Å². The van der Waals surface area contributed by atoms with Gasteiger partial charge in [0.1, 0.15) is 0 Å². The van der Waals surface area contributed by atoms with Crippen molar-refractivity contribution >= 4 is 5.69 Å². The van der Waals surface area contributed by atoms with E-state index in [0.29, 0.717) is 6.54 Å². The minimum Gasteiger partial charge on any atom is -0.398 e. The van der Waals surface area contributed by atoms with Gasteiger partial charge in [0, 0.05) is 12.2 Å². The fraction of sp³-hybridized carbons (Fsp3) is 0.222. The molecule has 0 fully saturated rings. The van der Waals surface area contributed by atoms with E-state index in [1.165, 1.54) is 5.56 Å². The van der Waals surface area contributed by atoms with E-state index in [2.05, 4.69) is 0 Å². The Balaban J connectivity index is 3.02. The molecule has 1 rings (SSSR count). The molecule has 1 aromatic rings. The lowest BCUT2D eigenvalue weighted by Gasteiger charge is -2.03. The van der Waals surface area contributed by atoms with Crippen molar-refractivity contribution in [2.24, 2.45) is 5.73 Å².